The highest BCUT2D eigenvalue weighted by Gasteiger charge is 2.31. The van der Waals surface area contributed by atoms with Gasteiger partial charge in [-0.2, -0.15) is 0 Å². The summed E-state index contributed by atoms with van der Waals surface area (Å²) in [5.74, 6) is 0.965. The third kappa shape index (κ3) is 1.66. The highest BCUT2D eigenvalue weighted by molar-refractivity contribution is 7.71. The molecule has 13 heavy (non-hydrogen) atoms. The first kappa shape index (κ1) is 8.90. The number of aromatic amines is 1. The molecule has 2 rings (SSSR count). The van der Waals surface area contributed by atoms with Crippen LogP contribution in [0.15, 0.2) is 4.42 Å². The summed E-state index contributed by atoms with van der Waals surface area (Å²) >= 11 is 4.82. The number of nitrogens with zero attached hydrogens (tertiary/aromatic N) is 1. The Morgan fingerprint density at radius 3 is 3.15 bits per heavy atom. The first-order chi connectivity index (χ1) is 6.31. The van der Waals surface area contributed by atoms with Crippen molar-refractivity contribution in [1.29, 1.82) is 0 Å². The maximum absolute atomic E-state index is 5.53. The van der Waals surface area contributed by atoms with Crippen LogP contribution in [0.1, 0.15) is 31.6 Å². The van der Waals surface area contributed by atoms with Crippen LogP contribution in [-0.2, 0) is 4.74 Å². The molecule has 0 saturated carbocycles. The summed E-state index contributed by atoms with van der Waals surface area (Å²) in [5, 5.41) is 6.65. The Hall–Kier alpha value is -0.680. The van der Waals surface area contributed by atoms with Crippen molar-refractivity contribution < 1.29 is 9.15 Å². The Balaban J connectivity index is 2.20. The largest absolute Gasteiger partial charge is 0.414 e. The minimum Gasteiger partial charge on any atom is -0.414 e. The molecule has 0 radical (unpaired) electrons. The van der Waals surface area contributed by atoms with Crippen LogP contribution < -0.4 is 0 Å². The monoisotopic (exact) mass is 200 g/mol. The van der Waals surface area contributed by atoms with Gasteiger partial charge in [-0.3, -0.25) is 0 Å². The van der Waals surface area contributed by atoms with Crippen molar-refractivity contribution in [2.75, 3.05) is 6.61 Å². The zero-order valence-electron chi connectivity index (χ0n) is 7.45. The Bertz CT molecular complexity index is 333. The van der Waals surface area contributed by atoms with Gasteiger partial charge in [0.2, 0.25) is 5.89 Å². The molecule has 1 aromatic rings. The number of H-pyrrole nitrogens is 1. The number of ether oxygens (including phenoxy) is 1. The summed E-state index contributed by atoms with van der Waals surface area (Å²) in [6, 6.07) is 0. The molecule has 0 aliphatic carbocycles. The van der Waals surface area contributed by atoms with Crippen LogP contribution in [0.25, 0.3) is 0 Å². The van der Waals surface area contributed by atoms with E-state index in [1.54, 1.807) is 0 Å². The quantitative estimate of drug-likeness (QED) is 0.742. The fourth-order valence-corrected chi connectivity index (χ4v) is 1.86. The second-order valence-corrected chi connectivity index (χ2v) is 3.53. The molecular formula is C8H12N2O2S. The number of rotatable bonds is 2. The normalized spacial score (nSPS) is 28.1. The van der Waals surface area contributed by atoms with E-state index >= 15 is 0 Å². The molecule has 0 amide bonds. The second kappa shape index (κ2) is 3.59. The summed E-state index contributed by atoms with van der Waals surface area (Å²) in [5.41, 5.74) is 0. The molecular weight excluding hydrogens is 188 g/mol. The summed E-state index contributed by atoms with van der Waals surface area (Å²) < 4.78 is 10.8. The predicted octanol–water partition coefficient (Wildman–Crippen LogP) is 2.01. The minimum atomic E-state index is 0.237. The van der Waals surface area contributed by atoms with Gasteiger partial charge in [0.1, 0.15) is 0 Å². The van der Waals surface area contributed by atoms with Gasteiger partial charge >= 0.3 is 0 Å². The van der Waals surface area contributed by atoms with E-state index in [4.69, 9.17) is 21.4 Å². The SMILES string of the molecule is CCC1OCCC1c1n[nH]c(=S)o1. The first-order valence-corrected chi connectivity index (χ1v) is 4.89. The fraction of sp³-hybridized carbons (Fsp3) is 0.750. The maximum atomic E-state index is 5.53. The maximum Gasteiger partial charge on any atom is 0.284 e. The van der Waals surface area contributed by atoms with Crippen LogP contribution in [0, 0.1) is 4.84 Å². The Kier molecular flexibility index (Phi) is 2.46. The van der Waals surface area contributed by atoms with Gasteiger partial charge in [-0.1, -0.05) is 6.92 Å². The van der Waals surface area contributed by atoms with E-state index in [1.807, 2.05) is 0 Å². The van der Waals surface area contributed by atoms with E-state index < -0.39 is 0 Å². The highest BCUT2D eigenvalue weighted by atomic mass is 32.1. The molecule has 0 bridgehead atoms. The second-order valence-electron chi connectivity index (χ2n) is 3.16. The predicted molar refractivity (Wildman–Crippen MR) is 49.1 cm³/mol. The number of hydrogen-bond acceptors (Lipinski definition) is 4. The molecule has 4 nitrogen and oxygen atoms in total. The molecule has 1 N–H and O–H groups in total. The van der Waals surface area contributed by atoms with Gasteiger partial charge in [-0.25, -0.2) is 5.10 Å². The van der Waals surface area contributed by atoms with Crippen LogP contribution >= 0.6 is 12.2 Å². The molecule has 72 valence electrons. The van der Waals surface area contributed by atoms with Gasteiger partial charge in [0.25, 0.3) is 4.84 Å². The Morgan fingerprint density at radius 2 is 2.54 bits per heavy atom. The summed E-state index contributed by atoms with van der Waals surface area (Å²) in [4.78, 5) is 0.344. The van der Waals surface area contributed by atoms with E-state index in [0.29, 0.717) is 10.7 Å². The van der Waals surface area contributed by atoms with Crippen molar-refractivity contribution in [3.8, 4) is 0 Å². The van der Waals surface area contributed by atoms with Crippen molar-refractivity contribution in [3.05, 3.63) is 10.7 Å². The zero-order valence-corrected chi connectivity index (χ0v) is 8.26. The van der Waals surface area contributed by atoms with Gasteiger partial charge in [0, 0.05) is 6.61 Å². The highest BCUT2D eigenvalue weighted by Crippen LogP contribution is 2.31. The molecule has 5 heteroatoms. The third-order valence-corrected chi connectivity index (χ3v) is 2.56. The Morgan fingerprint density at radius 1 is 1.69 bits per heavy atom. The lowest BCUT2D eigenvalue weighted by Gasteiger charge is -2.11. The lowest BCUT2D eigenvalue weighted by Crippen LogP contribution is -2.13. The van der Waals surface area contributed by atoms with E-state index in [2.05, 4.69) is 17.1 Å². The van der Waals surface area contributed by atoms with Crippen LogP contribution in [0.5, 0.6) is 0 Å². The number of nitrogens with one attached hydrogen (secondary N) is 1. The van der Waals surface area contributed by atoms with E-state index in [1.165, 1.54) is 0 Å². The molecule has 1 aliphatic heterocycles. The molecule has 1 saturated heterocycles. The average Bonchev–Trinajstić information content (AvgIpc) is 2.71. The van der Waals surface area contributed by atoms with Crippen molar-refractivity contribution in [1.82, 2.24) is 10.2 Å². The minimum absolute atomic E-state index is 0.237. The smallest absolute Gasteiger partial charge is 0.284 e. The van der Waals surface area contributed by atoms with Crippen LogP contribution in [0.3, 0.4) is 0 Å². The standard InChI is InChI=1S/C8H12N2O2S/c1-2-6-5(3-4-11-6)7-9-10-8(13)12-7/h5-6H,2-4H2,1H3,(H,10,13). The van der Waals surface area contributed by atoms with Crippen molar-refractivity contribution in [2.45, 2.75) is 31.8 Å². The van der Waals surface area contributed by atoms with E-state index in [-0.39, 0.29) is 12.0 Å². The summed E-state index contributed by atoms with van der Waals surface area (Å²) in [6.45, 7) is 2.89. The van der Waals surface area contributed by atoms with Crippen molar-refractivity contribution in [2.24, 2.45) is 0 Å². The van der Waals surface area contributed by atoms with E-state index in [9.17, 15) is 0 Å². The van der Waals surface area contributed by atoms with Gasteiger partial charge < -0.3 is 9.15 Å². The lowest BCUT2D eigenvalue weighted by molar-refractivity contribution is 0.0964. The molecule has 1 fully saturated rings. The molecule has 0 spiro atoms. The molecule has 2 atom stereocenters. The molecule has 1 aromatic heterocycles. The van der Waals surface area contributed by atoms with Gasteiger partial charge in [0.05, 0.1) is 12.0 Å². The number of aromatic nitrogens is 2. The van der Waals surface area contributed by atoms with Crippen LogP contribution in [0.2, 0.25) is 0 Å². The molecule has 2 heterocycles. The molecule has 0 aromatic carbocycles. The van der Waals surface area contributed by atoms with Crippen molar-refractivity contribution >= 4 is 12.2 Å². The molecule has 1 aliphatic rings. The van der Waals surface area contributed by atoms with Crippen molar-refractivity contribution in [3.63, 3.8) is 0 Å². The van der Waals surface area contributed by atoms with E-state index in [0.717, 1.165) is 19.4 Å². The Labute approximate surface area is 81.3 Å². The zero-order chi connectivity index (χ0) is 9.26. The third-order valence-electron chi connectivity index (χ3n) is 2.38. The van der Waals surface area contributed by atoms with Gasteiger partial charge in [-0.05, 0) is 25.1 Å². The first-order valence-electron chi connectivity index (χ1n) is 4.48. The summed E-state index contributed by atoms with van der Waals surface area (Å²) in [7, 11) is 0. The van der Waals surface area contributed by atoms with Crippen LogP contribution in [-0.4, -0.2) is 22.9 Å². The fourth-order valence-electron chi connectivity index (χ4n) is 1.73. The average molecular weight is 200 g/mol. The van der Waals surface area contributed by atoms with Gasteiger partial charge in [0.15, 0.2) is 0 Å². The summed E-state index contributed by atoms with van der Waals surface area (Å²) in [6.07, 6.45) is 2.20. The van der Waals surface area contributed by atoms with Crippen LogP contribution in [0.4, 0.5) is 0 Å². The molecule has 2 unspecified atom stereocenters. The van der Waals surface area contributed by atoms with Gasteiger partial charge in [-0.15, -0.1) is 5.10 Å². The number of hydrogen-bond donors (Lipinski definition) is 1. The topological polar surface area (TPSA) is 51.0 Å². The lowest BCUT2D eigenvalue weighted by atomic mass is 10.00.